The summed E-state index contributed by atoms with van der Waals surface area (Å²) in [4.78, 5) is 22.6. The number of carboxylic acids is 1. The van der Waals surface area contributed by atoms with E-state index < -0.39 is 5.97 Å². The third-order valence-corrected chi connectivity index (χ3v) is 3.37. The van der Waals surface area contributed by atoms with Crippen LogP contribution in [-0.2, 0) is 9.59 Å². The Balaban J connectivity index is 1.88. The number of para-hydroxylation sites is 1. The summed E-state index contributed by atoms with van der Waals surface area (Å²) in [5, 5.41) is 11.6. The van der Waals surface area contributed by atoms with E-state index in [2.05, 4.69) is 5.32 Å². The second-order valence-corrected chi connectivity index (χ2v) is 4.77. The summed E-state index contributed by atoms with van der Waals surface area (Å²) in [5.74, 6) is -0.895. The maximum atomic E-state index is 12.0. The molecule has 0 spiro atoms. The minimum absolute atomic E-state index is 0.0221. The Morgan fingerprint density at radius 2 is 1.79 bits per heavy atom. The standard InChI is InChI=1S/C15H17NO3/c17-14(18)10-11-6-8-12(9-7-11)15(19)16-13-4-2-1-3-5-13/h1-5,10,12H,6-9H2,(H,16,19)(H,17,18). The summed E-state index contributed by atoms with van der Waals surface area (Å²) in [7, 11) is 0. The molecule has 2 N–H and O–H groups in total. The molecule has 0 bridgehead atoms. The number of amides is 1. The van der Waals surface area contributed by atoms with Crippen LogP contribution in [0.15, 0.2) is 42.0 Å². The van der Waals surface area contributed by atoms with Gasteiger partial charge in [0.1, 0.15) is 0 Å². The maximum Gasteiger partial charge on any atom is 0.328 e. The van der Waals surface area contributed by atoms with Crippen molar-refractivity contribution >= 4 is 17.6 Å². The van der Waals surface area contributed by atoms with Gasteiger partial charge in [-0.15, -0.1) is 0 Å². The molecular formula is C15H17NO3. The van der Waals surface area contributed by atoms with Crippen LogP contribution in [0, 0.1) is 5.92 Å². The predicted octanol–water partition coefficient (Wildman–Crippen LogP) is 2.83. The van der Waals surface area contributed by atoms with E-state index in [0.29, 0.717) is 12.8 Å². The van der Waals surface area contributed by atoms with Gasteiger partial charge in [0.05, 0.1) is 0 Å². The summed E-state index contributed by atoms with van der Waals surface area (Å²) in [6.07, 6.45) is 4.10. The Morgan fingerprint density at radius 3 is 2.37 bits per heavy atom. The third kappa shape index (κ3) is 3.95. The van der Waals surface area contributed by atoms with Crippen molar-refractivity contribution < 1.29 is 14.7 Å². The summed E-state index contributed by atoms with van der Waals surface area (Å²) in [6, 6.07) is 9.38. The zero-order valence-corrected chi connectivity index (χ0v) is 10.6. The van der Waals surface area contributed by atoms with Crippen molar-refractivity contribution in [1.29, 1.82) is 0 Å². The molecule has 19 heavy (non-hydrogen) atoms. The molecule has 0 radical (unpaired) electrons. The first kappa shape index (κ1) is 13.3. The number of hydrogen-bond acceptors (Lipinski definition) is 2. The molecule has 4 nitrogen and oxygen atoms in total. The lowest BCUT2D eigenvalue weighted by molar-refractivity contribution is -0.131. The molecule has 1 fully saturated rings. The van der Waals surface area contributed by atoms with Crippen molar-refractivity contribution in [2.75, 3.05) is 5.32 Å². The Kier molecular flexibility index (Phi) is 4.34. The van der Waals surface area contributed by atoms with Crippen LogP contribution in [0.1, 0.15) is 25.7 Å². The van der Waals surface area contributed by atoms with E-state index in [1.54, 1.807) is 0 Å². The van der Waals surface area contributed by atoms with Gasteiger partial charge in [0.25, 0.3) is 0 Å². The third-order valence-electron chi connectivity index (χ3n) is 3.37. The van der Waals surface area contributed by atoms with Gasteiger partial charge >= 0.3 is 5.97 Å². The number of allylic oxidation sites excluding steroid dienone is 1. The van der Waals surface area contributed by atoms with Crippen molar-refractivity contribution in [3.8, 4) is 0 Å². The molecule has 1 aromatic rings. The fourth-order valence-corrected chi connectivity index (χ4v) is 2.34. The Labute approximate surface area is 112 Å². The van der Waals surface area contributed by atoms with Crippen LogP contribution in [0.5, 0.6) is 0 Å². The van der Waals surface area contributed by atoms with Gasteiger partial charge in [-0.25, -0.2) is 4.79 Å². The van der Waals surface area contributed by atoms with Gasteiger partial charge in [-0.1, -0.05) is 23.8 Å². The highest BCUT2D eigenvalue weighted by atomic mass is 16.4. The molecule has 0 saturated heterocycles. The summed E-state index contributed by atoms with van der Waals surface area (Å²) in [5.41, 5.74) is 1.73. The van der Waals surface area contributed by atoms with Crippen LogP contribution >= 0.6 is 0 Å². The molecule has 1 aliphatic rings. The number of anilines is 1. The van der Waals surface area contributed by atoms with E-state index in [4.69, 9.17) is 5.11 Å². The first-order valence-corrected chi connectivity index (χ1v) is 6.43. The molecule has 0 unspecified atom stereocenters. The fraction of sp³-hybridized carbons (Fsp3) is 0.333. The molecule has 1 aromatic carbocycles. The SMILES string of the molecule is O=C(O)C=C1CCC(C(=O)Nc2ccccc2)CC1. The molecule has 0 atom stereocenters. The van der Waals surface area contributed by atoms with Crippen molar-refractivity contribution in [3.05, 3.63) is 42.0 Å². The molecule has 0 aromatic heterocycles. The van der Waals surface area contributed by atoms with E-state index in [0.717, 1.165) is 24.1 Å². The molecule has 1 amide bonds. The zero-order chi connectivity index (χ0) is 13.7. The monoisotopic (exact) mass is 259 g/mol. The molecule has 1 saturated carbocycles. The lowest BCUT2D eigenvalue weighted by Crippen LogP contribution is -2.25. The quantitative estimate of drug-likeness (QED) is 0.820. The first-order valence-electron chi connectivity index (χ1n) is 6.43. The van der Waals surface area contributed by atoms with E-state index in [1.807, 2.05) is 30.3 Å². The van der Waals surface area contributed by atoms with Gasteiger partial charge in [0.2, 0.25) is 5.91 Å². The van der Waals surface area contributed by atoms with E-state index in [1.165, 1.54) is 6.08 Å². The summed E-state index contributed by atoms with van der Waals surface area (Å²) >= 11 is 0. The molecule has 0 heterocycles. The van der Waals surface area contributed by atoms with Crippen molar-refractivity contribution in [3.63, 3.8) is 0 Å². The second kappa shape index (κ2) is 6.18. The molecular weight excluding hydrogens is 242 g/mol. The number of hydrogen-bond donors (Lipinski definition) is 2. The zero-order valence-electron chi connectivity index (χ0n) is 10.6. The van der Waals surface area contributed by atoms with Crippen LogP contribution in [-0.4, -0.2) is 17.0 Å². The normalized spacial score (nSPS) is 18.7. The van der Waals surface area contributed by atoms with Gasteiger partial charge in [0.15, 0.2) is 0 Å². The summed E-state index contributed by atoms with van der Waals surface area (Å²) in [6.45, 7) is 0. The fourth-order valence-electron chi connectivity index (χ4n) is 2.34. The number of nitrogens with one attached hydrogen (secondary N) is 1. The smallest absolute Gasteiger partial charge is 0.328 e. The van der Waals surface area contributed by atoms with Crippen LogP contribution in [0.2, 0.25) is 0 Å². The number of carbonyl (C=O) groups is 2. The average molecular weight is 259 g/mol. The molecule has 2 rings (SSSR count). The Bertz CT molecular complexity index is 483. The number of rotatable bonds is 3. The molecule has 0 aliphatic heterocycles. The van der Waals surface area contributed by atoms with Crippen molar-refractivity contribution in [2.45, 2.75) is 25.7 Å². The van der Waals surface area contributed by atoms with Crippen molar-refractivity contribution in [2.24, 2.45) is 5.92 Å². The number of aliphatic carboxylic acids is 1. The lowest BCUT2D eigenvalue weighted by atomic mass is 9.85. The van der Waals surface area contributed by atoms with Crippen molar-refractivity contribution in [1.82, 2.24) is 0 Å². The number of carbonyl (C=O) groups excluding carboxylic acids is 1. The predicted molar refractivity (Wildman–Crippen MR) is 72.7 cm³/mol. The number of benzene rings is 1. The molecule has 4 heteroatoms. The van der Waals surface area contributed by atoms with Crippen LogP contribution < -0.4 is 5.32 Å². The van der Waals surface area contributed by atoms with Gasteiger partial charge < -0.3 is 10.4 Å². The topological polar surface area (TPSA) is 66.4 Å². The van der Waals surface area contributed by atoms with Crippen LogP contribution in [0.25, 0.3) is 0 Å². The minimum Gasteiger partial charge on any atom is -0.478 e. The Morgan fingerprint density at radius 1 is 1.16 bits per heavy atom. The highest BCUT2D eigenvalue weighted by Gasteiger charge is 2.23. The van der Waals surface area contributed by atoms with Crippen LogP contribution in [0.4, 0.5) is 5.69 Å². The lowest BCUT2D eigenvalue weighted by Gasteiger charge is -2.22. The molecule has 100 valence electrons. The number of carboxylic acid groups (broad SMARTS) is 1. The van der Waals surface area contributed by atoms with Gasteiger partial charge in [0, 0.05) is 17.7 Å². The highest BCUT2D eigenvalue weighted by Crippen LogP contribution is 2.29. The first-order chi connectivity index (χ1) is 9.15. The van der Waals surface area contributed by atoms with E-state index in [-0.39, 0.29) is 11.8 Å². The summed E-state index contributed by atoms with van der Waals surface area (Å²) < 4.78 is 0. The van der Waals surface area contributed by atoms with Gasteiger partial charge in [-0.2, -0.15) is 0 Å². The second-order valence-electron chi connectivity index (χ2n) is 4.77. The average Bonchev–Trinajstić information content (AvgIpc) is 2.40. The Hall–Kier alpha value is -2.10. The van der Waals surface area contributed by atoms with E-state index in [9.17, 15) is 9.59 Å². The largest absolute Gasteiger partial charge is 0.478 e. The minimum atomic E-state index is -0.901. The van der Waals surface area contributed by atoms with Gasteiger partial charge in [-0.3, -0.25) is 4.79 Å². The highest BCUT2D eigenvalue weighted by molar-refractivity contribution is 5.92. The van der Waals surface area contributed by atoms with Crippen LogP contribution in [0.3, 0.4) is 0 Å². The maximum absolute atomic E-state index is 12.0. The van der Waals surface area contributed by atoms with E-state index >= 15 is 0 Å². The molecule has 1 aliphatic carbocycles. The van der Waals surface area contributed by atoms with Gasteiger partial charge in [-0.05, 0) is 37.8 Å².